The first-order valence-electron chi connectivity index (χ1n) is 4.55. The van der Waals surface area contributed by atoms with Crippen LogP contribution >= 0.6 is 0 Å². The summed E-state index contributed by atoms with van der Waals surface area (Å²) in [5.41, 5.74) is 0. The van der Waals surface area contributed by atoms with Gasteiger partial charge in [0.05, 0.1) is 17.3 Å². The zero-order valence-corrected chi connectivity index (χ0v) is 9.77. The van der Waals surface area contributed by atoms with E-state index in [0.717, 1.165) is 0 Å². The zero-order chi connectivity index (χ0) is 10.8. The Morgan fingerprint density at radius 1 is 1.21 bits per heavy atom. The van der Waals surface area contributed by atoms with Crippen molar-refractivity contribution in [3.8, 4) is 0 Å². The van der Waals surface area contributed by atoms with Crippen molar-refractivity contribution in [1.29, 1.82) is 0 Å². The number of rotatable bonds is 3. The highest BCUT2D eigenvalue weighted by Gasteiger charge is 2.28. The maximum absolute atomic E-state index is 11.5. The van der Waals surface area contributed by atoms with Crippen LogP contribution in [0.15, 0.2) is 0 Å². The third-order valence-electron chi connectivity index (χ3n) is 2.16. The van der Waals surface area contributed by atoms with E-state index in [4.69, 9.17) is 0 Å². The van der Waals surface area contributed by atoms with Crippen molar-refractivity contribution in [3.63, 3.8) is 0 Å². The summed E-state index contributed by atoms with van der Waals surface area (Å²) in [6.07, 6.45) is 0.561. The normalized spacial score (nSPS) is 23.5. The molecule has 1 aliphatic rings. The fourth-order valence-corrected chi connectivity index (χ4v) is 4.31. The van der Waals surface area contributed by atoms with E-state index < -0.39 is 19.9 Å². The monoisotopic (exact) mass is 241 g/mol. The molecule has 0 saturated carbocycles. The summed E-state index contributed by atoms with van der Waals surface area (Å²) in [5, 5.41) is 0. The Morgan fingerprint density at radius 2 is 1.71 bits per heavy atom. The Bertz CT molecular complexity index is 370. The van der Waals surface area contributed by atoms with Crippen LogP contribution in [0.3, 0.4) is 0 Å². The molecular weight excluding hydrogens is 226 g/mol. The highest BCUT2D eigenvalue weighted by Crippen LogP contribution is 2.09. The van der Waals surface area contributed by atoms with Crippen LogP contribution in [0.5, 0.6) is 0 Å². The molecule has 0 aromatic rings. The third-order valence-corrected chi connectivity index (χ3v) is 5.84. The fraction of sp³-hybridized carbons (Fsp3) is 1.00. The van der Waals surface area contributed by atoms with Crippen molar-refractivity contribution in [3.05, 3.63) is 0 Å². The van der Waals surface area contributed by atoms with Gasteiger partial charge in [-0.1, -0.05) is 6.92 Å². The molecular formula is C7H15NO4S2. The smallest absolute Gasteiger partial charge is 0.214 e. The van der Waals surface area contributed by atoms with Gasteiger partial charge >= 0.3 is 0 Å². The second kappa shape index (κ2) is 4.16. The fourth-order valence-electron chi connectivity index (χ4n) is 1.36. The standard InChI is InChI=1S/C7H15NO4S2/c1-2-5-14(11,12)8-3-6-13(9,10)7-4-8/h2-7H2,1H3. The largest absolute Gasteiger partial charge is 0.229 e. The molecule has 0 atom stereocenters. The van der Waals surface area contributed by atoms with Crippen LogP contribution in [0.1, 0.15) is 13.3 Å². The van der Waals surface area contributed by atoms with Gasteiger partial charge in [-0.15, -0.1) is 0 Å². The number of sulfone groups is 1. The molecule has 0 spiro atoms. The van der Waals surface area contributed by atoms with E-state index in [0.29, 0.717) is 6.42 Å². The first kappa shape index (κ1) is 11.9. The second-order valence-electron chi connectivity index (χ2n) is 3.37. The molecule has 84 valence electrons. The van der Waals surface area contributed by atoms with Crippen molar-refractivity contribution in [2.45, 2.75) is 13.3 Å². The van der Waals surface area contributed by atoms with E-state index in [9.17, 15) is 16.8 Å². The topological polar surface area (TPSA) is 71.5 Å². The van der Waals surface area contributed by atoms with E-state index in [-0.39, 0.29) is 30.3 Å². The molecule has 0 aromatic carbocycles. The summed E-state index contributed by atoms with van der Waals surface area (Å²) in [6, 6.07) is 0. The molecule has 1 aliphatic heterocycles. The van der Waals surface area contributed by atoms with E-state index in [1.807, 2.05) is 0 Å². The molecule has 1 rings (SSSR count). The van der Waals surface area contributed by atoms with Crippen LogP contribution in [0.2, 0.25) is 0 Å². The van der Waals surface area contributed by atoms with Crippen molar-refractivity contribution in [1.82, 2.24) is 4.31 Å². The number of nitrogens with zero attached hydrogens (tertiary/aromatic N) is 1. The van der Waals surface area contributed by atoms with Crippen LogP contribution in [0.4, 0.5) is 0 Å². The van der Waals surface area contributed by atoms with Crippen LogP contribution in [0, 0.1) is 0 Å². The van der Waals surface area contributed by atoms with Crippen LogP contribution < -0.4 is 0 Å². The van der Waals surface area contributed by atoms with Gasteiger partial charge in [0.1, 0.15) is 0 Å². The number of sulfonamides is 1. The minimum Gasteiger partial charge on any atom is -0.229 e. The molecule has 5 nitrogen and oxygen atoms in total. The minimum absolute atomic E-state index is 0.0457. The predicted molar refractivity (Wildman–Crippen MR) is 54.3 cm³/mol. The van der Waals surface area contributed by atoms with Gasteiger partial charge in [0.2, 0.25) is 10.0 Å². The van der Waals surface area contributed by atoms with Crippen LogP contribution in [0.25, 0.3) is 0 Å². The molecule has 1 fully saturated rings. The Balaban J connectivity index is 2.67. The number of hydrogen-bond donors (Lipinski definition) is 0. The van der Waals surface area contributed by atoms with Gasteiger partial charge < -0.3 is 0 Å². The second-order valence-corrected chi connectivity index (χ2v) is 7.76. The SMILES string of the molecule is CCCS(=O)(=O)N1CCS(=O)(=O)CC1. The average Bonchev–Trinajstić information content (AvgIpc) is 2.03. The highest BCUT2D eigenvalue weighted by molar-refractivity contribution is 7.92. The highest BCUT2D eigenvalue weighted by atomic mass is 32.2. The van der Waals surface area contributed by atoms with Gasteiger partial charge in [0.15, 0.2) is 9.84 Å². The third kappa shape index (κ3) is 2.93. The predicted octanol–water partition coefficient (Wildman–Crippen LogP) is -0.543. The van der Waals surface area contributed by atoms with E-state index >= 15 is 0 Å². The Kier molecular flexibility index (Phi) is 3.54. The lowest BCUT2D eigenvalue weighted by atomic mass is 10.6. The molecule has 0 amide bonds. The van der Waals surface area contributed by atoms with Gasteiger partial charge in [0.25, 0.3) is 0 Å². The summed E-state index contributed by atoms with van der Waals surface area (Å²) in [6.45, 7) is 2.02. The van der Waals surface area contributed by atoms with Gasteiger partial charge in [-0.2, -0.15) is 4.31 Å². The van der Waals surface area contributed by atoms with Gasteiger partial charge in [0, 0.05) is 13.1 Å². The number of hydrogen-bond acceptors (Lipinski definition) is 4. The van der Waals surface area contributed by atoms with Gasteiger partial charge in [-0.05, 0) is 6.42 Å². The molecule has 0 bridgehead atoms. The first-order chi connectivity index (χ1) is 6.37. The lowest BCUT2D eigenvalue weighted by Gasteiger charge is -2.25. The summed E-state index contributed by atoms with van der Waals surface area (Å²) >= 11 is 0. The quantitative estimate of drug-likeness (QED) is 0.665. The van der Waals surface area contributed by atoms with E-state index in [1.165, 1.54) is 4.31 Å². The summed E-state index contributed by atoms with van der Waals surface area (Å²) < 4.78 is 46.4. The maximum atomic E-state index is 11.5. The van der Waals surface area contributed by atoms with Crippen molar-refractivity contribution in [2.75, 3.05) is 30.3 Å². The first-order valence-corrected chi connectivity index (χ1v) is 7.99. The molecule has 14 heavy (non-hydrogen) atoms. The van der Waals surface area contributed by atoms with Gasteiger partial charge in [-0.25, -0.2) is 16.8 Å². The van der Waals surface area contributed by atoms with E-state index in [1.54, 1.807) is 6.92 Å². The Morgan fingerprint density at radius 3 is 2.14 bits per heavy atom. The summed E-state index contributed by atoms with van der Waals surface area (Å²) in [7, 11) is -6.21. The van der Waals surface area contributed by atoms with E-state index in [2.05, 4.69) is 0 Å². The molecule has 0 radical (unpaired) electrons. The molecule has 1 saturated heterocycles. The minimum atomic E-state index is -3.21. The summed E-state index contributed by atoms with van der Waals surface area (Å²) in [5.74, 6) is 0.0128. The molecule has 0 aromatic heterocycles. The van der Waals surface area contributed by atoms with Crippen molar-refractivity contribution >= 4 is 19.9 Å². The molecule has 1 heterocycles. The lowest BCUT2D eigenvalue weighted by Crippen LogP contribution is -2.44. The zero-order valence-electron chi connectivity index (χ0n) is 8.14. The molecule has 0 unspecified atom stereocenters. The van der Waals surface area contributed by atoms with Crippen LogP contribution in [-0.4, -0.2) is 51.5 Å². The molecule has 7 heteroatoms. The summed E-state index contributed by atoms with van der Waals surface area (Å²) in [4.78, 5) is 0. The maximum Gasteiger partial charge on any atom is 0.214 e. The van der Waals surface area contributed by atoms with Crippen molar-refractivity contribution < 1.29 is 16.8 Å². The molecule has 0 N–H and O–H groups in total. The van der Waals surface area contributed by atoms with Crippen molar-refractivity contribution in [2.24, 2.45) is 0 Å². The average molecular weight is 241 g/mol. The Hall–Kier alpha value is -0.140. The van der Waals surface area contributed by atoms with Gasteiger partial charge in [-0.3, -0.25) is 0 Å². The van der Waals surface area contributed by atoms with Crippen LogP contribution in [-0.2, 0) is 19.9 Å². The lowest BCUT2D eigenvalue weighted by molar-refractivity contribution is 0.430. The molecule has 0 aliphatic carbocycles. The Labute approximate surface area is 85.1 Å².